The van der Waals surface area contributed by atoms with Crippen molar-refractivity contribution < 1.29 is 9.18 Å². The van der Waals surface area contributed by atoms with E-state index in [0.717, 1.165) is 25.2 Å². The highest BCUT2D eigenvalue weighted by Gasteiger charge is 2.28. The Kier molecular flexibility index (Phi) is 5.95. The molecule has 0 aliphatic carbocycles. The van der Waals surface area contributed by atoms with Crippen molar-refractivity contribution in [2.24, 2.45) is 5.73 Å². The first-order valence-electron chi connectivity index (χ1n) is 6.92. The van der Waals surface area contributed by atoms with E-state index in [4.69, 9.17) is 5.73 Å². The maximum Gasteiger partial charge on any atom is 0.237 e. The van der Waals surface area contributed by atoms with Crippen molar-refractivity contribution >= 4 is 11.6 Å². The summed E-state index contributed by atoms with van der Waals surface area (Å²) in [6, 6.07) is 6.45. The highest BCUT2D eigenvalue weighted by Crippen LogP contribution is 2.17. The van der Waals surface area contributed by atoms with E-state index in [9.17, 15) is 9.18 Å². The lowest BCUT2D eigenvalue weighted by molar-refractivity contribution is -0.123. The standard InChI is InChI=1S/C15H24FN3O/c1-4-19(13-8-6-12(16)7-9-13)11-5-10-15(2,18-3)14(17)20/h6-9,18H,4-5,10-11H2,1-3H3,(H2,17,20). The van der Waals surface area contributed by atoms with E-state index in [0.29, 0.717) is 6.42 Å². The normalized spacial score (nSPS) is 13.8. The number of carbonyl (C=O) groups excluding carboxylic acids is 1. The van der Waals surface area contributed by atoms with Gasteiger partial charge in [-0.25, -0.2) is 4.39 Å². The van der Waals surface area contributed by atoms with Gasteiger partial charge in [-0.1, -0.05) is 0 Å². The zero-order valence-electron chi connectivity index (χ0n) is 12.4. The quantitative estimate of drug-likeness (QED) is 0.765. The lowest BCUT2D eigenvalue weighted by atomic mass is 9.95. The highest BCUT2D eigenvalue weighted by atomic mass is 19.1. The number of likely N-dealkylation sites (N-methyl/N-ethyl adjacent to an activating group) is 1. The van der Waals surface area contributed by atoms with Gasteiger partial charge in [0.05, 0.1) is 5.54 Å². The van der Waals surface area contributed by atoms with Crippen LogP contribution in [0.15, 0.2) is 24.3 Å². The second-order valence-corrected chi connectivity index (χ2v) is 5.11. The summed E-state index contributed by atoms with van der Waals surface area (Å²) in [6.07, 6.45) is 1.49. The number of carbonyl (C=O) groups is 1. The molecule has 1 aromatic carbocycles. The van der Waals surface area contributed by atoms with Gasteiger partial charge in [0, 0.05) is 18.8 Å². The van der Waals surface area contributed by atoms with Crippen LogP contribution in [0.4, 0.5) is 10.1 Å². The van der Waals surface area contributed by atoms with Gasteiger partial charge in [0.25, 0.3) is 0 Å². The van der Waals surface area contributed by atoms with E-state index in [2.05, 4.69) is 17.1 Å². The predicted molar refractivity (Wildman–Crippen MR) is 80.2 cm³/mol. The summed E-state index contributed by atoms with van der Waals surface area (Å²) in [5.41, 5.74) is 5.71. The van der Waals surface area contributed by atoms with E-state index in [-0.39, 0.29) is 11.7 Å². The van der Waals surface area contributed by atoms with Crippen molar-refractivity contribution in [1.29, 1.82) is 0 Å². The van der Waals surface area contributed by atoms with Gasteiger partial charge in [-0.2, -0.15) is 0 Å². The summed E-state index contributed by atoms with van der Waals surface area (Å²) >= 11 is 0. The second kappa shape index (κ2) is 7.24. The fourth-order valence-corrected chi connectivity index (χ4v) is 2.12. The first-order valence-corrected chi connectivity index (χ1v) is 6.92. The van der Waals surface area contributed by atoms with Gasteiger partial charge in [0.2, 0.25) is 5.91 Å². The van der Waals surface area contributed by atoms with Crippen LogP contribution in [-0.4, -0.2) is 31.6 Å². The molecule has 4 nitrogen and oxygen atoms in total. The fraction of sp³-hybridized carbons (Fsp3) is 0.533. The molecule has 0 fully saturated rings. The predicted octanol–water partition coefficient (Wildman–Crippen LogP) is 1.90. The number of nitrogens with zero attached hydrogens (tertiary/aromatic N) is 1. The maximum absolute atomic E-state index is 12.9. The number of hydrogen-bond donors (Lipinski definition) is 2. The topological polar surface area (TPSA) is 58.4 Å². The number of nitrogens with two attached hydrogens (primary N) is 1. The van der Waals surface area contributed by atoms with E-state index in [1.807, 2.05) is 6.92 Å². The minimum atomic E-state index is -0.678. The Morgan fingerprint density at radius 2 is 2.00 bits per heavy atom. The van der Waals surface area contributed by atoms with Crippen molar-refractivity contribution in [3.63, 3.8) is 0 Å². The van der Waals surface area contributed by atoms with E-state index in [1.54, 1.807) is 19.2 Å². The number of anilines is 1. The Morgan fingerprint density at radius 3 is 2.45 bits per heavy atom. The molecule has 0 heterocycles. The van der Waals surface area contributed by atoms with Gasteiger partial charge in [0.15, 0.2) is 0 Å². The first-order chi connectivity index (χ1) is 9.42. The molecule has 1 unspecified atom stereocenters. The molecular formula is C15H24FN3O. The van der Waals surface area contributed by atoms with Crippen LogP contribution in [0.2, 0.25) is 0 Å². The molecule has 112 valence electrons. The molecule has 0 bridgehead atoms. The summed E-state index contributed by atoms with van der Waals surface area (Å²) in [5.74, 6) is -0.578. The lowest BCUT2D eigenvalue weighted by Crippen LogP contribution is -2.51. The van der Waals surface area contributed by atoms with Crippen molar-refractivity contribution in [3.05, 3.63) is 30.1 Å². The SMILES string of the molecule is CCN(CCCC(C)(NC)C(N)=O)c1ccc(F)cc1. The number of benzene rings is 1. The number of amides is 1. The summed E-state index contributed by atoms with van der Waals surface area (Å²) in [4.78, 5) is 13.6. The van der Waals surface area contributed by atoms with Crippen LogP contribution in [0.25, 0.3) is 0 Å². The van der Waals surface area contributed by atoms with E-state index >= 15 is 0 Å². The Balaban J connectivity index is 2.58. The molecule has 0 aliphatic heterocycles. The summed E-state index contributed by atoms with van der Waals surface area (Å²) in [5, 5.41) is 2.97. The van der Waals surface area contributed by atoms with E-state index in [1.165, 1.54) is 12.1 Å². The fourth-order valence-electron chi connectivity index (χ4n) is 2.12. The van der Waals surface area contributed by atoms with Crippen molar-refractivity contribution in [1.82, 2.24) is 5.32 Å². The summed E-state index contributed by atoms with van der Waals surface area (Å²) < 4.78 is 12.9. The first kappa shape index (κ1) is 16.4. The molecule has 0 aliphatic rings. The third-order valence-electron chi connectivity index (χ3n) is 3.77. The van der Waals surface area contributed by atoms with Crippen molar-refractivity contribution in [2.75, 3.05) is 25.0 Å². The number of rotatable bonds is 8. The maximum atomic E-state index is 12.9. The average molecular weight is 281 g/mol. The zero-order valence-corrected chi connectivity index (χ0v) is 12.4. The Hall–Kier alpha value is -1.62. The van der Waals surface area contributed by atoms with Crippen LogP contribution in [0.3, 0.4) is 0 Å². The van der Waals surface area contributed by atoms with Gasteiger partial charge in [-0.15, -0.1) is 0 Å². The Bertz CT molecular complexity index is 435. The molecule has 3 N–H and O–H groups in total. The molecule has 0 spiro atoms. The van der Waals surface area contributed by atoms with E-state index < -0.39 is 5.54 Å². The molecule has 1 atom stereocenters. The smallest absolute Gasteiger partial charge is 0.237 e. The molecule has 0 radical (unpaired) electrons. The molecule has 1 aromatic rings. The Morgan fingerprint density at radius 1 is 1.40 bits per heavy atom. The molecular weight excluding hydrogens is 257 g/mol. The number of halogens is 1. The summed E-state index contributed by atoms with van der Waals surface area (Å²) in [7, 11) is 1.74. The van der Waals surface area contributed by atoms with Gasteiger partial charge in [-0.3, -0.25) is 4.79 Å². The molecule has 0 saturated heterocycles. The molecule has 20 heavy (non-hydrogen) atoms. The van der Waals surface area contributed by atoms with Gasteiger partial charge >= 0.3 is 0 Å². The van der Waals surface area contributed by atoms with Gasteiger partial charge < -0.3 is 16.0 Å². The van der Waals surface area contributed by atoms with Crippen LogP contribution >= 0.6 is 0 Å². The molecule has 5 heteroatoms. The van der Waals surface area contributed by atoms with Crippen molar-refractivity contribution in [3.8, 4) is 0 Å². The zero-order chi connectivity index (χ0) is 15.2. The molecule has 0 aromatic heterocycles. The summed E-state index contributed by atoms with van der Waals surface area (Å²) in [6.45, 7) is 5.49. The van der Waals surface area contributed by atoms with Crippen LogP contribution in [0.1, 0.15) is 26.7 Å². The number of nitrogens with one attached hydrogen (secondary N) is 1. The third kappa shape index (κ3) is 4.20. The third-order valence-corrected chi connectivity index (χ3v) is 3.77. The lowest BCUT2D eigenvalue weighted by Gasteiger charge is -2.28. The molecule has 1 amide bonds. The minimum absolute atomic E-state index is 0.235. The number of primary amides is 1. The monoisotopic (exact) mass is 281 g/mol. The van der Waals surface area contributed by atoms with Crippen LogP contribution < -0.4 is 16.0 Å². The second-order valence-electron chi connectivity index (χ2n) is 5.11. The molecule has 1 rings (SSSR count). The van der Waals surface area contributed by atoms with Gasteiger partial charge in [-0.05, 0) is 58.0 Å². The van der Waals surface area contributed by atoms with Crippen molar-refractivity contribution in [2.45, 2.75) is 32.2 Å². The minimum Gasteiger partial charge on any atom is -0.372 e. The largest absolute Gasteiger partial charge is 0.372 e. The Labute approximate surface area is 120 Å². The average Bonchev–Trinajstić information content (AvgIpc) is 2.44. The van der Waals surface area contributed by atoms with Crippen LogP contribution in [-0.2, 0) is 4.79 Å². The number of hydrogen-bond acceptors (Lipinski definition) is 3. The van der Waals surface area contributed by atoms with Gasteiger partial charge in [0.1, 0.15) is 5.82 Å². The molecule has 0 saturated carbocycles. The van der Waals surface area contributed by atoms with Crippen LogP contribution in [0, 0.1) is 5.82 Å². The van der Waals surface area contributed by atoms with Crippen LogP contribution in [0.5, 0.6) is 0 Å². The highest BCUT2D eigenvalue weighted by molar-refractivity contribution is 5.84.